The summed E-state index contributed by atoms with van der Waals surface area (Å²) < 4.78 is 2.86. The predicted molar refractivity (Wildman–Crippen MR) is 80.7 cm³/mol. The van der Waals surface area contributed by atoms with Crippen molar-refractivity contribution in [3.63, 3.8) is 0 Å². The monoisotopic (exact) mass is 341 g/mol. The number of nitrogens with one attached hydrogen (secondary N) is 1. The Labute approximate surface area is 125 Å². The number of nitrogens with zero attached hydrogens (tertiary/aromatic N) is 3. The number of hydrogen-bond donors (Lipinski definition) is 2. The van der Waals surface area contributed by atoms with E-state index >= 15 is 0 Å². The number of halogens is 1. The Balaban J connectivity index is 1.89. The van der Waals surface area contributed by atoms with Crippen LogP contribution in [0.4, 0.5) is 0 Å². The first-order valence-corrected chi connectivity index (χ1v) is 7.64. The molecule has 1 heterocycles. The summed E-state index contributed by atoms with van der Waals surface area (Å²) >= 11 is 5.20. The molecule has 1 atom stereocenters. The van der Waals surface area contributed by atoms with Gasteiger partial charge in [0, 0.05) is 34.6 Å². The summed E-state index contributed by atoms with van der Waals surface area (Å²) in [7, 11) is 1.89. The van der Waals surface area contributed by atoms with Crippen LogP contribution in [-0.4, -0.2) is 26.6 Å². The largest absolute Gasteiger partial charge is 0.271 e. The summed E-state index contributed by atoms with van der Waals surface area (Å²) in [6.07, 6.45) is 2.32. The van der Waals surface area contributed by atoms with Gasteiger partial charge in [-0.25, -0.2) is 4.98 Å². The zero-order valence-electron chi connectivity index (χ0n) is 10.6. The van der Waals surface area contributed by atoms with Crippen molar-refractivity contribution in [1.29, 1.82) is 0 Å². The first kappa shape index (κ1) is 14.5. The highest BCUT2D eigenvalue weighted by Crippen LogP contribution is 2.21. The molecule has 0 spiro atoms. The highest BCUT2D eigenvalue weighted by molar-refractivity contribution is 9.10. The van der Waals surface area contributed by atoms with Gasteiger partial charge in [0.05, 0.1) is 0 Å². The van der Waals surface area contributed by atoms with Gasteiger partial charge in [-0.2, -0.15) is 5.10 Å². The molecule has 0 aliphatic carbocycles. The van der Waals surface area contributed by atoms with Gasteiger partial charge < -0.3 is 0 Å². The maximum atomic E-state index is 5.60. The first-order valence-electron chi connectivity index (χ1n) is 5.86. The lowest BCUT2D eigenvalue weighted by Crippen LogP contribution is -2.39. The summed E-state index contributed by atoms with van der Waals surface area (Å²) in [5, 5.41) is 4.06. The van der Waals surface area contributed by atoms with Gasteiger partial charge in [-0.15, -0.1) is 11.8 Å². The van der Waals surface area contributed by atoms with Crippen molar-refractivity contribution >= 4 is 27.7 Å². The molecular formula is C12H16BrN5S. The smallest absolute Gasteiger partial charge is 0.138 e. The molecule has 7 heteroatoms. The average molecular weight is 342 g/mol. The Morgan fingerprint density at radius 2 is 2.16 bits per heavy atom. The third kappa shape index (κ3) is 4.31. The van der Waals surface area contributed by atoms with E-state index in [1.54, 1.807) is 22.8 Å². The van der Waals surface area contributed by atoms with Crippen molar-refractivity contribution in [3.05, 3.63) is 40.9 Å². The highest BCUT2D eigenvalue weighted by atomic mass is 79.9. The number of hydrogen-bond acceptors (Lipinski definition) is 5. The molecule has 0 radical (unpaired) electrons. The molecule has 1 aromatic heterocycles. The number of aromatic nitrogens is 3. The van der Waals surface area contributed by atoms with Gasteiger partial charge in [0.1, 0.15) is 12.2 Å². The van der Waals surface area contributed by atoms with Crippen molar-refractivity contribution in [2.24, 2.45) is 12.9 Å². The third-order valence-corrected chi connectivity index (χ3v) is 4.44. The number of benzene rings is 1. The van der Waals surface area contributed by atoms with Crippen molar-refractivity contribution in [1.82, 2.24) is 20.2 Å². The number of thioether (sulfide) groups is 1. The number of hydrazine groups is 1. The van der Waals surface area contributed by atoms with E-state index in [1.165, 1.54) is 4.90 Å². The van der Waals surface area contributed by atoms with Gasteiger partial charge >= 0.3 is 0 Å². The third-order valence-electron chi connectivity index (χ3n) is 2.73. The number of nitrogens with two attached hydrogens (primary N) is 1. The fourth-order valence-corrected chi connectivity index (χ4v) is 2.82. The Bertz CT molecular complexity index is 513. The van der Waals surface area contributed by atoms with Crippen LogP contribution in [0.25, 0.3) is 0 Å². The van der Waals surface area contributed by atoms with Crippen LogP contribution in [0.15, 0.2) is 40.0 Å². The average Bonchev–Trinajstić information content (AvgIpc) is 2.82. The Morgan fingerprint density at radius 3 is 2.74 bits per heavy atom. The summed E-state index contributed by atoms with van der Waals surface area (Å²) in [4.78, 5) is 5.43. The fraction of sp³-hybridized carbons (Fsp3) is 0.333. The Morgan fingerprint density at radius 1 is 1.42 bits per heavy atom. The topological polar surface area (TPSA) is 68.8 Å². The predicted octanol–water partition coefficient (Wildman–Crippen LogP) is 1.74. The standard InChI is InChI=1S/C12H16BrN5S/c1-18-12(15-8-16-18)6-10(17-14)7-19-11-4-2-9(13)3-5-11/h2-5,8,10,17H,6-7,14H2,1H3. The molecule has 0 saturated carbocycles. The van der Waals surface area contributed by atoms with Crippen LogP contribution in [-0.2, 0) is 13.5 Å². The van der Waals surface area contributed by atoms with E-state index in [2.05, 4.69) is 43.6 Å². The van der Waals surface area contributed by atoms with Crippen LogP contribution in [0.2, 0.25) is 0 Å². The molecule has 1 unspecified atom stereocenters. The normalized spacial score (nSPS) is 12.6. The van der Waals surface area contributed by atoms with Crippen molar-refractivity contribution < 1.29 is 0 Å². The van der Waals surface area contributed by atoms with E-state index in [1.807, 2.05) is 19.2 Å². The highest BCUT2D eigenvalue weighted by Gasteiger charge is 2.11. The molecule has 0 bridgehead atoms. The molecule has 0 amide bonds. The minimum absolute atomic E-state index is 0.163. The molecule has 0 aliphatic rings. The van der Waals surface area contributed by atoms with Gasteiger partial charge in [0.2, 0.25) is 0 Å². The van der Waals surface area contributed by atoms with Crippen molar-refractivity contribution in [2.45, 2.75) is 17.4 Å². The molecule has 102 valence electrons. The van der Waals surface area contributed by atoms with Crippen molar-refractivity contribution in [2.75, 3.05) is 5.75 Å². The van der Waals surface area contributed by atoms with Crippen LogP contribution >= 0.6 is 27.7 Å². The second-order valence-electron chi connectivity index (χ2n) is 4.13. The van der Waals surface area contributed by atoms with E-state index in [4.69, 9.17) is 5.84 Å². The molecule has 1 aromatic carbocycles. The minimum atomic E-state index is 0.163. The van der Waals surface area contributed by atoms with Crippen LogP contribution in [0.3, 0.4) is 0 Å². The maximum absolute atomic E-state index is 5.60. The lowest BCUT2D eigenvalue weighted by Gasteiger charge is -2.14. The van der Waals surface area contributed by atoms with Crippen molar-refractivity contribution in [3.8, 4) is 0 Å². The van der Waals surface area contributed by atoms with Gasteiger partial charge in [-0.1, -0.05) is 15.9 Å². The van der Waals surface area contributed by atoms with E-state index < -0.39 is 0 Å². The fourth-order valence-electron chi connectivity index (χ4n) is 1.62. The minimum Gasteiger partial charge on any atom is -0.271 e. The van der Waals surface area contributed by atoms with Gasteiger partial charge in [-0.3, -0.25) is 16.0 Å². The van der Waals surface area contributed by atoms with Crippen LogP contribution in [0, 0.1) is 0 Å². The molecule has 3 N–H and O–H groups in total. The van der Waals surface area contributed by atoms with E-state index in [-0.39, 0.29) is 6.04 Å². The summed E-state index contributed by atoms with van der Waals surface area (Å²) in [5.41, 5.74) is 2.84. The van der Waals surface area contributed by atoms with Crippen LogP contribution < -0.4 is 11.3 Å². The zero-order valence-corrected chi connectivity index (χ0v) is 13.0. The lowest BCUT2D eigenvalue weighted by molar-refractivity contribution is 0.544. The van der Waals surface area contributed by atoms with Gasteiger partial charge in [0.15, 0.2) is 0 Å². The molecule has 0 saturated heterocycles. The Hall–Kier alpha value is -0.890. The molecular weight excluding hydrogens is 326 g/mol. The number of aryl methyl sites for hydroxylation is 1. The van der Waals surface area contributed by atoms with Crippen LogP contribution in [0.5, 0.6) is 0 Å². The molecule has 2 rings (SSSR count). The molecule has 19 heavy (non-hydrogen) atoms. The first-order chi connectivity index (χ1) is 9.19. The quantitative estimate of drug-likeness (QED) is 0.476. The molecule has 0 aliphatic heterocycles. The summed E-state index contributed by atoms with van der Waals surface area (Å²) in [6.45, 7) is 0. The summed E-state index contributed by atoms with van der Waals surface area (Å²) in [5.74, 6) is 7.41. The second-order valence-corrected chi connectivity index (χ2v) is 6.14. The SMILES string of the molecule is Cn1ncnc1CC(CSc1ccc(Br)cc1)NN. The summed E-state index contributed by atoms with van der Waals surface area (Å²) in [6, 6.07) is 8.41. The zero-order chi connectivity index (χ0) is 13.7. The molecule has 2 aromatic rings. The van der Waals surface area contributed by atoms with Crippen LogP contribution in [0.1, 0.15) is 5.82 Å². The van der Waals surface area contributed by atoms with E-state index in [0.717, 1.165) is 22.5 Å². The van der Waals surface area contributed by atoms with E-state index in [0.29, 0.717) is 0 Å². The lowest BCUT2D eigenvalue weighted by atomic mass is 10.2. The maximum Gasteiger partial charge on any atom is 0.138 e. The second kappa shape index (κ2) is 7.04. The molecule has 5 nitrogen and oxygen atoms in total. The van der Waals surface area contributed by atoms with Gasteiger partial charge in [0.25, 0.3) is 0 Å². The number of rotatable bonds is 6. The van der Waals surface area contributed by atoms with Gasteiger partial charge in [-0.05, 0) is 24.3 Å². The van der Waals surface area contributed by atoms with E-state index in [9.17, 15) is 0 Å². The molecule has 0 fully saturated rings. The Kier molecular flexibility index (Phi) is 5.38.